The minimum atomic E-state index is 0.0983. The monoisotopic (exact) mass is 245 g/mol. The van der Waals surface area contributed by atoms with Crippen LogP contribution in [0.2, 0.25) is 0 Å². The number of nitrogen functional groups attached to an aromatic ring is 2. The highest BCUT2D eigenvalue weighted by atomic mass is 16.5. The summed E-state index contributed by atoms with van der Waals surface area (Å²) in [4.78, 5) is 11.6. The Labute approximate surface area is 105 Å². The zero-order valence-electron chi connectivity index (χ0n) is 10.3. The maximum Gasteiger partial charge on any atom is 0.225 e. The summed E-state index contributed by atoms with van der Waals surface area (Å²) in [5.41, 5.74) is 13.3. The van der Waals surface area contributed by atoms with Crippen molar-refractivity contribution in [2.24, 2.45) is 0 Å². The Balaban J connectivity index is 2.08. The van der Waals surface area contributed by atoms with Gasteiger partial charge < -0.3 is 16.2 Å². The molecule has 0 atom stereocenters. The number of aryl methyl sites for hydroxylation is 2. The van der Waals surface area contributed by atoms with Crippen molar-refractivity contribution in [1.82, 2.24) is 15.0 Å². The lowest BCUT2D eigenvalue weighted by atomic mass is 10.1. The molecule has 0 aliphatic rings. The van der Waals surface area contributed by atoms with Crippen LogP contribution in [0.25, 0.3) is 0 Å². The quantitative estimate of drug-likeness (QED) is 0.843. The van der Waals surface area contributed by atoms with Gasteiger partial charge in [-0.2, -0.15) is 15.0 Å². The molecule has 0 spiro atoms. The molecule has 0 radical (unpaired) electrons. The molecule has 1 aromatic carbocycles. The van der Waals surface area contributed by atoms with E-state index in [0.717, 1.165) is 5.75 Å². The number of hydrogen-bond donors (Lipinski definition) is 2. The second kappa shape index (κ2) is 4.87. The van der Waals surface area contributed by atoms with Crippen molar-refractivity contribution in [3.05, 3.63) is 35.2 Å². The average molecular weight is 245 g/mol. The Hall–Kier alpha value is -2.37. The van der Waals surface area contributed by atoms with Crippen molar-refractivity contribution in [2.75, 3.05) is 11.5 Å². The fourth-order valence-electron chi connectivity index (χ4n) is 1.47. The summed E-state index contributed by atoms with van der Waals surface area (Å²) in [6.45, 7) is 4.28. The van der Waals surface area contributed by atoms with Crippen LogP contribution in [0.5, 0.6) is 5.75 Å². The van der Waals surface area contributed by atoms with Crippen LogP contribution in [0.1, 0.15) is 17.0 Å². The predicted octanol–water partition coefficient (Wildman–Crippen LogP) is 1.23. The summed E-state index contributed by atoms with van der Waals surface area (Å²) in [7, 11) is 0. The van der Waals surface area contributed by atoms with Gasteiger partial charge in [-0.1, -0.05) is 6.07 Å². The Kier molecular flexibility index (Phi) is 3.27. The maximum atomic E-state index is 5.57. The topological polar surface area (TPSA) is 99.9 Å². The normalized spacial score (nSPS) is 10.3. The molecule has 6 nitrogen and oxygen atoms in total. The van der Waals surface area contributed by atoms with Gasteiger partial charge in [0.25, 0.3) is 0 Å². The molecule has 2 rings (SSSR count). The molecule has 0 unspecified atom stereocenters. The SMILES string of the molecule is Cc1ccc(OCc2nc(N)nc(N)n2)cc1C. The van der Waals surface area contributed by atoms with E-state index in [9.17, 15) is 0 Å². The zero-order chi connectivity index (χ0) is 13.1. The first-order chi connectivity index (χ1) is 8.54. The van der Waals surface area contributed by atoms with Crippen LogP contribution < -0.4 is 16.2 Å². The molecule has 0 bridgehead atoms. The smallest absolute Gasteiger partial charge is 0.225 e. The van der Waals surface area contributed by atoms with E-state index < -0.39 is 0 Å². The third-order valence-corrected chi connectivity index (χ3v) is 2.56. The molecule has 94 valence electrons. The number of nitrogens with zero attached hydrogens (tertiary/aromatic N) is 3. The van der Waals surface area contributed by atoms with E-state index >= 15 is 0 Å². The van der Waals surface area contributed by atoms with Gasteiger partial charge in [0, 0.05) is 0 Å². The number of ether oxygens (including phenoxy) is 1. The molecular formula is C12H15N5O. The third kappa shape index (κ3) is 2.85. The predicted molar refractivity (Wildman–Crippen MR) is 68.9 cm³/mol. The minimum Gasteiger partial charge on any atom is -0.486 e. The van der Waals surface area contributed by atoms with Crippen LogP contribution in [0.3, 0.4) is 0 Å². The second-order valence-electron chi connectivity index (χ2n) is 4.00. The summed E-state index contributed by atoms with van der Waals surface area (Å²) in [5, 5.41) is 0. The van der Waals surface area contributed by atoms with Crippen molar-refractivity contribution in [3.63, 3.8) is 0 Å². The van der Waals surface area contributed by atoms with E-state index in [4.69, 9.17) is 16.2 Å². The number of anilines is 2. The molecule has 6 heteroatoms. The fourth-order valence-corrected chi connectivity index (χ4v) is 1.47. The van der Waals surface area contributed by atoms with Gasteiger partial charge in [-0.25, -0.2) is 0 Å². The van der Waals surface area contributed by atoms with Crippen LogP contribution in [0, 0.1) is 13.8 Å². The first-order valence-corrected chi connectivity index (χ1v) is 5.50. The molecule has 0 saturated heterocycles. The lowest BCUT2D eigenvalue weighted by molar-refractivity contribution is 0.295. The summed E-state index contributed by atoms with van der Waals surface area (Å²) in [6, 6.07) is 5.86. The number of hydrogen-bond acceptors (Lipinski definition) is 6. The van der Waals surface area contributed by atoms with E-state index in [2.05, 4.69) is 15.0 Å². The van der Waals surface area contributed by atoms with E-state index in [0.29, 0.717) is 5.82 Å². The molecule has 0 amide bonds. The van der Waals surface area contributed by atoms with Gasteiger partial charge in [0.2, 0.25) is 11.9 Å². The van der Waals surface area contributed by atoms with Crippen LogP contribution in [0.4, 0.5) is 11.9 Å². The highest BCUT2D eigenvalue weighted by Crippen LogP contribution is 2.17. The zero-order valence-corrected chi connectivity index (χ0v) is 10.3. The molecule has 1 aromatic heterocycles. The highest BCUT2D eigenvalue weighted by Gasteiger charge is 2.03. The van der Waals surface area contributed by atoms with E-state index in [1.54, 1.807) is 0 Å². The molecule has 1 heterocycles. The number of benzene rings is 1. The first-order valence-electron chi connectivity index (χ1n) is 5.50. The lowest BCUT2D eigenvalue weighted by Gasteiger charge is -2.08. The van der Waals surface area contributed by atoms with Crippen LogP contribution in [-0.4, -0.2) is 15.0 Å². The maximum absolute atomic E-state index is 5.57. The lowest BCUT2D eigenvalue weighted by Crippen LogP contribution is -2.09. The Bertz CT molecular complexity index is 550. The summed E-state index contributed by atoms with van der Waals surface area (Å²) in [5.74, 6) is 1.37. The molecule has 0 aliphatic carbocycles. The third-order valence-electron chi connectivity index (χ3n) is 2.56. The first kappa shape index (κ1) is 12.1. The molecule has 2 aromatic rings. The van der Waals surface area contributed by atoms with Crippen LogP contribution >= 0.6 is 0 Å². The minimum absolute atomic E-state index is 0.0983. The van der Waals surface area contributed by atoms with Gasteiger partial charge in [-0.15, -0.1) is 0 Å². The Morgan fingerprint density at radius 2 is 1.67 bits per heavy atom. The van der Waals surface area contributed by atoms with Crippen LogP contribution in [0.15, 0.2) is 18.2 Å². The number of rotatable bonds is 3. The van der Waals surface area contributed by atoms with Crippen molar-refractivity contribution < 1.29 is 4.74 Å². The molecule has 0 saturated carbocycles. The summed E-state index contributed by atoms with van der Waals surface area (Å²) < 4.78 is 5.57. The highest BCUT2D eigenvalue weighted by molar-refractivity contribution is 5.34. The average Bonchev–Trinajstić information content (AvgIpc) is 2.29. The van der Waals surface area contributed by atoms with Crippen molar-refractivity contribution in [1.29, 1.82) is 0 Å². The van der Waals surface area contributed by atoms with Crippen LogP contribution in [-0.2, 0) is 6.61 Å². The van der Waals surface area contributed by atoms with Gasteiger partial charge in [-0.05, 0) is 37.1 Å². The van der Waals surface area contributed by atoms with Gasteiger partial charge in [-0.3, -0.25) is 0 Å². The second-order valence-corrected chi connectivity index (χ2v) is 4.00. The Morgan fingerprint density at radius 1 is 1.00 bits per heavy atom. The fraction of sp³-hybridized carbons (Fsp3) is 0.250. The van der Waals surface area contributed by atoms with Gasteiger partial charge in [0.05, 0.1) is 0 Å². The van der Waals surface area contributed by atoms with Crippen molar-refractivity contribution in [3.8, 4) is 5.75 Å². The number of aromatic nitrogens is 3. The van der Waals surface area contributed by atoms with E-state index in [1.807, 2.05) is 32.0 Å². The van der Waals surface area contributed by atoms with Crippen molar-refractivity contribution >= 4 is 11.9 Å². The Morgan fingerprint density at radius 3 is 2.28 bits per heavy atom. The summed E-state index contributed by atoms with van der Waals surface area (Å²) in [6.07, 6.45) is 0. The largest absolute Gasteiger partial charge is 0.486 e. The van der Waals surface area contributed by atoms with Gasteiger partial charge in [0.1, 0.15) is 12.4 Å². The van der Waals surface area contributed by atoms with Gasteiger partial charge >= 0.3 is 0 Å². The molecule has 18 heavy (non-hydrogen) atoms. The van der Waals surface area contributed by atoms with Crippen molar-refractivity contribution in [2.45, 2.75) is 20.5 Å². The molecule has 4 N–H and O–H groups in total. The summed E-state index contributed by atoms with van der Waals surface area (Å²) >= 11 is 0. The van der Waals surface area contributed by atoms with Gasteiger partial charge in [0.15, 0.2) is 5.82 Å². The van der Waals surface area contributed by atoms with E-state index in [1.165, 1.54) is 11.1 Å². The standard InChI is InChI=1S/C12H15N5O/c1-7-3-4-9(5-8(7)2)18-6-10-15-11(13)17-12(14)16-10/h3-5H,6H2,1-2H3,(H4,13,14,15,16,17). The number of nitrogens with two attached hydrogens (primary N) is 2. The molecule has 0 aliphatic heterocycles. The van der Waals surface area contributed by atoms with E-state index in [-0.39, 0.29) is 18.5 Å². The molecule has 0 fully saturated rings. The molecular weight excluding hydrogens is 230 g/mol.